The van der Waals surface area contributed by atoms with Crippen LogP contribution in [0, 0.1) is 11.6 Å². The van der Waals surface area contributed by atoms with Crippen molar-refractivity contribution < 1.29 is 18.3 Å². The third-order valence-corrected chi connectivity index (χ3v) is 10.2. The van der Waals surface area contributed by atoms with Gasteiger partial charge in [0, 0.05) is 16.7 Å². The molecule has 54 heavy (non-hydrogen) atoms. The predicted octanol–water partition coefficient (Wildman–Crippen LogP) is 14.7. The van der Waals surface area contributed by atoms with Gasteiger partial charge in [0.2, 0.25) is 0 Å². The number of fused-ring (bicyclic) bond motifs is 4. The summed E-state index contributed by atoms with van der Waals surface area (Å²) < 4.78 is 44.2. The van der Waals surface area contributed by atoms with E-state index in [1.807, 2.05) is 84.9 Å². The zero-order valence-corrected chi connectivity index (χ0v) is 30.5. The van der Waals surface area contributed by atoms with Gasteiger partial charge in [0.15, 0.2) is 23.0 Å². The lowest BCUT2D eigenvalue weighted by atomic mass is 9.78. The van der Waals surface area contributed by atoms with E-state index >= 15 is 8.78 Å². The minimum Gasteiger partial charge on any atom is -0.453 e. The molecule has 0 spiro atoms. The molecule has 266 valence electrons. The molecule has 0 fully saturated rings. The molecule has 0 bridgehead atoms. The third-order valence-electron chi connectivity index (χ3n) is 10.2. The van der Waals surface area contributed by atoms with E-state index in [0.717, 1.165) is 67.5 Å². The Balaban J connectivity index is 1.56. The topological polar surface area (TPSA) is 24.9 Å². The summed E-state index contributed by atoms with van der Waals surface area (Å²) in [6, 6.07) is 45.8. The Morgan fingerprint density at radius 3 is 1.06 bits per heavy atom. The van der Waals surface area contributed by atoms with Crippen LogP contribution in [-0.4, -0.2) is 0 Å². The van der Waals surface area contributed by atoms with Crippen molar-refractivity contribution in [2.75, 3.05) is 9.80 Å². The van der Waals surface area contributed by atoms with Crippen molar-refractivity contribution >= 4 is 34.1 Å². The van der Waals surface area contributed by atoms with Crippen molar-refractivity contribution in [3.8, 4) is 45.3 Å². The lowest BCUT2D eigenvalue weighted by molar-refractivity contribution is 0.476. The summed E-state index contributed by atoms with van der Waals surface area (Å²) in [6.07, 6.45) is 0. The molecule has 9 rings (SSSR count). The van der Waals surface area contributed by atoms with E-state index in [9.17, 15) is 0 Å². The first kappa shape index (κ1) is 33.4. The molecule has 2 heterocycles. The van der Waals surface area contributed by atoms with Gasteiger partial charge in [-0.3, -0.25) is 0 Å². The van der Waals surface area contributed by atoms with Gasteiger partial charge in [-0.05, 0) is 101 Å². The number of ether oxygens (including phenoxy) is 2. The van der Waals surface area contributed by atoms with Gasteiger partial charge in [0.25, 0.3) is 0 Å². The highest BCUT2D eigenvalue weighted by molar-refractivity contribution is 6.07. The number of benzene rings is 7. The lowest BCUT2D eigenvalue weighted by Crippen LogP contribution is -2.24. The van der Waals surface area contributed by atoms with Crippen LogP contribution in [0.3, 0.4) is 0 Å². The highest BCUT2D eigenvalue weighted by Crippen LogP contribution is 2.62. The quantitative estimate of drug-likeness (QED) is 0.171. The number of nitrogens with zero attached hydrogens (tertiary/aromatic N) is 2. The number of hydrogen-bond donors (Lipinski definition) is 0. The second-order valence-electron chi connectivity index (χ2n) is 14.4. The van der Waals surface area contributed by atoms with E-state index in [2.05, 4.69) is 61.8 Å². The maximum absolute atomic E-state index is 15.6. The first-order valence-electron chi connectivity index (χ1n) is 18.4. The zero-order chi connectivity index (χ0) is 37.1. The van der Waals surface area contributed by atoms with Crippen LogP contribution >= 0.6 is 0 Å². The molecule has 0 amide bonds. The summed E-state index contributed by atoms with van der Waals surface area (Å²) in [5, 5.41) is 0. The average molecular weight is 713 g/mol. The Labute approximate surface area is 314 Å². The van der Waals surface area contributed by atoms with Crippen LogP contribution in [0.1, 0.15) is 50.7 Å². The summed E-state index contributed by atoms with van der Waals surface area (Å²) in [4.78, 5) is 4.57. The molecule has 0 N–H and O–H groups in total. The maximum atomic E-state index is 15.6. The van der Waals surface area contributed by atoms with Gasteiger partial charge in [-0.15, -0.1) is 0 Å². The van der Waals surface area contributed by atoms with Crippen molar-refractivity contribution in [1.82, 2.24) is 0 Å². The SMILES string of the molecule is CC(C)c1c(-c2cccc(F)c2)c(N2c3ccccc3Oc3ccccc32)c(C(C)C)c(N2c3ccccc3Oc3ccccc32)c1-c1cccc(F)c1. The molecule has 2 aliphatic heterocycles. The highest BCUT2D eigenvalue weighted by atomic mass is 19.1. The molecule has 7 aromatic carbocycles. The second-order valence-corrected chi connectivity index (χ2v) is 14.4. The van der Waals surface area contributed by atoms with E-state index in [-0.39, 0.29) is 23.5 Å². The maximum Gasteiger partial charge on any atom is 0.151 e. The molecule has 2 aliphatic rings. The fourth-order valence-electron chi connectivity index (χ4n) is 8.11. The van der Waals surface area contributed by atoms with Gasteiger partial charge in [-0.25, -0.2) is 8.78 Å². The smallest absolute Gasteiger partial charge is 0.151 e. The normalized spacial score (nSPS) is 12.8. The minimum absolute atomic E-state index is 0.0971. The van der Waals surface area contributed by atoms with Gasteiger partial charge < -0.3 is 19.3 Å². The van der Waals surface area contributed by atoms with Crippen LogP contribution in [0.25, 0.3) is 22.3 Å². The molecular weight excluding hydrogens is 675 g/mol. The molecule has 0 atom stereocenters. The van der Waals surface area contributed by atoms with E-state index in [0.29, 0.717) is 23.0 Å². The minimum atomic E-state index is -0.338. The van der Waals surface area contributed by atoms with Crippen molar-refractivity contribution in [2.24, 2.45) is 0 Å². The average Bonchev–Trinajstić information content (AvgIpc) is 3.18. The fraction of sp³-hybridized carbons (Fsp3) is 0.125. The standard InChI is InChI=1S/C48H38F2N2O2/c1-29(2)43-45(31-15-13-17-33(49)27-31)47(51-35-19-5-9-23-39(35)53-40-24-10-6-20-36(40)51)44(30(3)4)48(46(43)32-16-14-18-34(50)28-32)52-37-21-7-11-25-41(37)54-42-26-12-8-22-38(42)52/h5-30H,1-4H3. The summed E-state index contributed by atoms with van der Waals surface area (Å²) in [7, 11) is 0. The Hall–Kier alpha value is -6.40. The van der Waals surface area contributed by atoms with E-state index < -0.39 is 0 Å². The Kier molecular flexibility index (Phi) is 8.19. The molecule has 0 unspecified atom stereocenters. The Bertz CT molecular complexity index is 2320. The van der Waals surface area contributed by atoms with Gasteiger partial charge in [-0.1, -0.05) is 100 Å². The van der Waals surface area contributed by atoms with Crippen LogP contribution in [0.15, 0.2) is 146 Å². The van der Waals surface area contributed by atoms with Crippen molar-refractivity contribution in [3.63, 3.8) is 0 Å². The van der Waals surface area contributed by atoms with Gasteiger partial charge >= 0.3 is 0 Å². The molecule has 0 radical (unpaired) electrons. The summed E-state index contributed by atoms with van der Waals surface area (Å²) in [5.41, 5.74) is 10.4. The third kappa shape index (κ3) is 5.40. The number of hydrogen-bond acceptors (Lipinski definition) is 4. The van der Waals surface area contributed by atoms with E-state index in [1.165, 1.54) is 12.1 Å². The lowest BCUT2D eigenvalue weighted by Gasteiger charge is -2.42. The Morgan fingerprint density at radius 2 is 0.741 bits per heavy atom. The molecule has 0 aliphatic carbocycles. The van der Waals surface area contributed by atoms with Crippen LogP contribution in [0.5, 0.6) is 23.0 Å². The fourth-order valence-corrected chi connectivity index (χ4v) is 8.11. The zero-order valence-electron chi connectivity index (χ0n) is 30.5. The summed E-state index contributed by atoms with van der Waals surface area (Å²) >= 11 is 0. The molecule has 0 saturated heterocycles. The predicted molar refractivity (Wildman–Crippen MR) is 215 cm³/mol. The first-order chi connectivity index (χ1) is 26.3. The molecular formula is C48H38F2N2O2. The molecule has 4 nitrogen and oxygen atoms in total. The van der Waals surface area contributed by atoms with Crippen LogP contribution in [-0.2, 0) is 0 Å². The number of rotatable bonds is 6. The molecule has 7 aromatic rings. The monoisotopic (exact) mass is 712 g/mol. The first-order valence-corrected chi connectivity index (χ1v) is 18.4. The Morgan fingerprint density at radius 1 is 0.407 bits per heavy atom. The van der Waals surface area contributed by atoms with Gasteiger partial charge in [-0.2, -0.15) is 0 Å². The van der Waals surface area contributed by atoms with Crippen LogP contribution in [0.4, 0.5) is 42.9 Å². The van der Waals surface area contributed by atoms with Crippen molar-refractivity contribution in [3.05, 3.63) is 168 Å². The molecule has 0 aromatic heterocycles. The van der Waals surface area contributed by atoms with Crippen molar-refractivity contribution in [2.45, 2.75) is 39.5 Å². The number of anilines is 6. The number of halogens is 2. The summed E-state index contributed by atoms with van der Waals surface area (Å²) in [6.45, 7) is 8.70. The second kappa shape index (κ2) is 13.2. The van der Waals surface area contributed by atoms with Crippen LogP contribution < -0.4 is 19.3 Å². The summed E-state index contributed by atoms with van der Waals surface area (Å²) in [5.74, 6) is 1.96. The van der Waals surface area contributed by atoms with E-state index in [4.69, 9.17) is 9.47 Å². The van der Waals surface area contributed by atoms with E-state index in [1.54, 1.807) is 24.3 Å². The van der Waals surface area contributed by atoms with Gasteiger partial charge in [0.1, 0.15) is 11.6 Å². The van der Waals surface area contributed by atoms with Gasteiger partial charge in [0.05, 0.1) is 34.1 Å². The molecule has 0 saturated carbocycles. The largest absolute Gasteiger partial charge is 0.453 e. The highest BCUT2D eigenvalue weighted by Gasteiger charge is 2.39. The van der Waals surface area contributed by atoms with Crippen LogP contribution in [0.2, 0.25) is 0 Å². The van der Waals surface area contributed by atoms with Crippen molar-refractivity contribution in [1.29, 1.82) is 0 Å². The molecule has 6 heteroatoms. The number of para-hydroxylation sites is 8.